The third-order valence-electron chi connectivity index (χ3n) is 3.32. The second-order valence-corrected chi connectivity index (χ2v) is 6.48. The molecule has 0 unspecified atom stereocenters. The van der Waals surface area contributed by atoms with E-state index in [4.69, 9.17) is 9.05 Å². The lowest BCUT2D eigenvalue weighted by atomic mass is 10.2. The van der Waals surface area contributed by atoms with Crippen LogP contribution >= 0.6 is 8.38 Å². The van der Waals surface area contributed by atoms with Crippen molar-refractivity contribution >= 4 is 25.6 Å². The van der Waals surface area contributed by atoms with E-state index in [1.54, 1.807) is 72.8 Å². The molecule has 124 valence electrons. The lowest BCUT2D eigenvalue weighted by molar-refractivity contribution is 0.0674. The smallest absolute Gasteiger partial charge is 0.343 e. The first kappa shape index (κ1) is 16.9. The molecule has 0 spiro atoms. The van der Waals surface area contributed by atoms with E-state index in [1.165, 1.54) is 0 Å². The second-order valence-electron chi connectivity index (χ2n) is 5.08. The largest absolute Gasteiger partial charge is 0.399 e. The van der Waals surface area contributed by atoms with Crippen LogP contribution in [0.25, 0.3) is 0 Å². The molecule has 0 aliphatic carbocycles. The fraction of sp³-hybridized carbons (Fsp3) is 0. The highest BCUT2D eigenvalue weighted by molar-refractivity contribution is 7.57. The van der Waals surface area contributed by atoms with Crippen LogP contribution in [0, 0.1) is 0 Å². The van der Waals surface area contributed by atoms with Crippen LogP contribution in [0.2, 0.25) is 0 Å². The van der Waals surface area contributed by atoms with Gasteiger partial charge in [0.1, 0.15) is 0 Å². The number of carbonyl (C=O) groups is 2. The first-order valence-corrected chi connectivity index (χ1v) is 8.81. The Hall–Kier alpha value is -2.97. The quantitative estimate of drug-likeness (QED) is 0.643. The second kappa shape index (κ2) is 8.22. The van der Waals surface area contributed by atoms with Crippen molar-refractivity contribution in [1.82, 2.24) is 0 Å². The Morgan fingerprint density at radius 2 is 0.920 bits per heavy atom. The van der Waals surface area contributed by atoms with Gasteiger partial charge >= 0.3 is 20.3 Å². The minimum Gasteiger partial charge on any atom is -0.399 e. The Labute approximate surface area is 146 Å². The number of hydrogen-bond acceptors (Lipinski definition) is 4. The zero-order valence-corrected chi connectivity index (χ0v) is 14.1. The summed E-state index contributed by atoms with van der Waals surface area (Å²) in [5.74, 6) is -1.06. The average Bonchev–Trinajstić information content (AvgIpc) is 2.69. The SMILES string of the molecule is O=C(OP(OC(=O)c1ccccc1)c1ccccc1)c1ccccc1. The molecular formula is C20H15O4P. The highest BCUT2D eigenvalue weighted by Crippen LogP contribution is 2.39. The molecular weight excluding hydrogens is 335 g/mol. The molecule has 25 heavy (non-hydrogen) atoms. The zero-order valence-electron chi connectivity index (χ0n) is 13.2. The molecule has 5 heteroatoms. The van der Waals surface area contributed by atoms with Crippen LogP contribution in [-0.2, 0) is 9.05 Å². The number of benzene rings is 3. The third-order valence-corrected chi connectivity index (χ3v) is 4.70. The summed E-state index contributed by atoms with van der Waals surface area (Å²) >= 11 is 0. The monoisotopic (exact) mass is 350 g/mol. The number of rotatable bonds is 5. The van der Waals surface area contributed by atoms with Crippen LogP contribution < -0.4 is 5.30 Å². The topological polar surface area (TPSA) is 52.6 Å². The van der Waals surface area contributed by atoms with E-state index in [9.17, 15) is 9.59 Å². The van der Waals surface area contributed by atoms with Gasteiger partial charge in [-0.25, -0.2) is 9.59 Å². The van der Waals surface area contributed by atoms with Crippen molar-refractivity contribution in [3.63, 3.8) is 0 Å². The molecule has 0 amide bonds. The first-order chi connectivity index (χ1) is 12.2. The molecule has 3 aromatic carbocycles. The summed E-state index contributed by atoms with van der Waals surface area (Å²) in [4.78, 5) is 24.7. The average molecular weight is 350 g/mol. The number of hydrogen-bond donors (Lipinski definition) is 0. The molecule has 0 fully saturated rings. The van der Waals surface area contributed by atoms with Gasteiger partial charge in [0.15, 0.2) is 0 Å². The molecule has 0 aliphatic heterocycles. The maximum absolute atomic E-state index is 12.3. The van der Waals surface area contributed by atoms with Crippen LogP contribution in [0.5, 0.6) is 0 Å². The molecule has 0 saturated carbocycles. The van der Waals surface area contributed by atoms with E-state index >= 15 is 0 Å². The molecule has 0 aromatic heterocycles. The molecule has 0 heterocycles. The molecule has 0 atom stereocenters. The van der Waals surface area contributed by atoms with Crippen molar-refractivity contribution in [1.29, 1.82) is 0 Å². The fourth-order valence-electron chi connectivity index (χ4n) is 2.08. The molecule has 3 rings (SSSR count). The van der Waals surface area contributed by atoms with Crippen LogP contribution in [0.1, 0.15) is 20.7 Å². The normalized spacial score (nSPS) is 10.3. The summed E-state index contributed by atoms with van der Waals surface area (Å²) in [6.07, 6.45) is 0. The summed E-state index contributed by atoms with van der Waals surface area (Å²) in [6, 6.07) is 26.2. The summed E-state index contributed by atoms with van der Waals surface area (Å²) < 4.78 is 11.0. The van der Waals surface area contributed by atoms with Crippen LogP contribution in [0.4, 0.5) is 0 Å². The lowest BCUT2D eigenvalue weighted by Crippen LogP contribution is -2.13. The van der Waals surface area contributed by atoms with Crippen molar-refractivity contribution in [3.05, 3.63) is 102 Å². The van der Waals surface area contributed by atoms with Gasteiger partial charge in [0.2, 0.25) is 0 Å². The molecule has 0 N–H and O–H groups in total. The summed E-state index contributed by atoms with van der Waals surface area (Å²) in [5.41, 5.74) is 0.809. The van der Waals surface area contributed by atoms with Crippen molar-refractivity contribution in [3.8, 4) is 0 Å². The van der Waals surface area contributed by atoms with Crippen molar-refractivity contribution < 1.29 is 18.6 Å². The maximum Gasteiger partial charge on any atom is 0.343 e. The zero-order chi connectivity index (χ0) is 17.5. The van der Waals surface area contributed by atoms with Gasteiger partial charge in [-0.1, -0.05) is 54.6 Å². The van der Waals surface area contributed by atoms with Gasteiger partial charge < -0.3 is 9.05 Å². The van der Waals surface area contributed by atoms with Gasteiger partial charge in [-0.15, -0.1) is 0 Å². The van der Waals surface area contributed by atoms with E-state index < -0.39 is 20.3 Å². The van der Waals surface area contributed by atoms with E-state index in [0.29, 0.717) is 16.4 Å². The van der Waals surface area contributed by atoms with Gasteiger partial charge in [-0.05, 0) is 36.4 Å². The van der Waals surface area contributed by atoms with E-state index in [2.05, 4.69) is 0 Å². The summed E-state index contributed by atoms with van der Waals surface area (Å²) in [5, 5.41) is 0.645. The predicted molar refractivity (Wildman–Crippen MR) is 96.7 cm³/mol. The molecule has 3 aromatic rings. The van der Waals surface area contributed by atoms with Gasteiger partial charge in [0.05, 0.1) is 16.4 Å². The first-order valence-electron chi connectivity index (χ1n) is 7.64. The third kappa shape index (κ3) is 4.52. The number of carbonyl (C=O) groups excluding carboxylic acids is 2. The molecule has 4 nitrogen and oxygen atoms in total. The van der Waals surface area contributed by atoms with Gasteiger partial charge in [-0.3, -0.25) is 0 Å². The van der Waals surface area contributed by atoms with Crippen molar-refractivity contribution in [2.75, 3.05) is 0 Å². The summed E-state index contributed by atoms with van der Waals surface area (Å²) in [6.45, 7) is 0. The van der Waals surface area contributed by atoms with Gasteiger partial charge in [0, 0.05) is 0 Å². The van der Waals surface area contributed by atoms with E-state index in [-0.39, 0.29) is 0 Å². The fourth-order valence-corrected chi connectivity index (χ4v) is 3.25. The van der Waals surface area contributed by atoms with Crippen molar-refractivity contribution in [2.24, 2.45) is 0 Å². The van der Waals surface area contributed by atoms with Crippen LogP contribution in [0.15, 0.2) is 91.0 Å². The lowest BCUT2D eigenvalue weighted by Gasteiger charge is -2.16. The minimum atomic E-state index is -1.88. The Bertz CT molecular complexity index is 782. The Morgan fingerprint density at radius 1 is 0.560 bits per heavy atom. The Balaban J connectivity index is 1.81. The van der Waals surface area contributed by atoms with E-state index in [0.717, 1.165) is 0 Å². The van der Waals surface area contributed by atoms with E-state index in [1.807, 2.05) is 18.2 Å². The maximum atomic E-state index is 12.3. The van der Waals surface area contributed by atoms with Crippen LogP contribution in [-0.4, -0.2) is 11.9 Å². The van der Waals surface area contributed by atoms with Gasteiger partial charge in [0.25, 0.3) is 0 Å². The Morgan fingerprint density at radius 3 is 1.32 bits per heavy atom. The highest BCUT2D eigenvalue weighted by atomic mass is 31.2. The Kier molecular flexibility index (Phi) is 5.55. The van der Waals surface area contributed by atoms with Gasteiger partial charge in [-0.2, -0.15) is 0 Å². The summed E-state index contributed by atoms with van der Waals surface area (Å²) in [7, 11) is -1.88. The predicted octanol–water partition coefficient (Wildman–Crippen LogP) is 4.34. The van der Waals surface area contributed by atoms with Crippen molar-refractivity contribution in [2.45, 2.75) is 0 Å². The molecule has 0 aliphatic rings. The standard InChI is InChI=1S/C20H15O4P/c21-19(16-10-4-1-5-11-16)23-25(18-14-8-3-9-15-18)24-20(22)17-12-6-2-7-13-17/h1-15H. The molecule has 0 bridgehead atoms. The highest BCUT2D eigenvalue weighted by Gasteiger charge is 2.24. The molecule has 0 radical (unpaired) electrons. The minimum absolute atomic E-state index is 0.404. The molecule has 0 saturated heterocycles. The van der Waals surface area contributed by atoms with Crippen LogP contribution in [0.3, 0.4) is 0 Å².